The lowest BCUT2D eigenvalue weighted by Gasteiger charge is -2.33. The van der Waals surface area contributed by atoms with Gasteiger partial charge in [-0.1, -0.05) is 0 Å². The summed E-state index contributed by atoms with van der Waals surface area (Å²) in [4.78, 5) is 28.7. The van der Waals surface area contributed by atoms with Gasteiger partial charge in [0.2, 0.25) is 15.9 Å². The number of carbonyl (C=O) groups excluding carboxylic acids is 2. The minimum absolute atomic E-state index is 0.0385. The van der Waals surface area contributed by atoms with Crippen molar-refractivity contribution in [3.8, 4) is 5.75 Å². The van der Waals surface area contributed by atoms with Gasteiger partial charge in [-0.2, -0.15) is 4.31 Å². The highest BCUT2D eigenvalue weighted by atomic mass is 32.2. The first kappa shape index (κ1) is 18.8. The van der Waals surface area contributed by atoms with Crippen LogP contribution in [0.4, 0.5) is 5.69 Å². The summed E-state index contributed by atoms with van der Waals surface area (Å²) in [6.07, 6.45) is 3.17. The molecule has 1 aromatic carbocycles. The average Bonchev–Trinajstić information content (AvgIpc) is 2.67. The molecular formula is C17H18N4O5S. The molecule has 10 heteroatoms. The van der Waals surface area contributed by atoms with Crippen LogP contribution in [-0.4, -0.2) is 55.8 Å². The summed E-state index contributed by atoms with van der Waals surface area (Å²) in [5, 5.41) is 0. The number of hydrogen-bond acceptors (Lipinski definition) is 6. The minimum Gasteiger partial charge on any atom is -0.484 e. The van der Waals surface area contributed by atoms with Gasteiger partial charge in [0.05, 0.1) is 23.3 Å². The van der Waals surface area contributed by atoms with Gasteiger partial charge in [0.15, 0.2) is 6.61 Å². The number of rotatable bonds is 6. The third-order valence-electron chi connectivity index (χ3n) is 3.99. The van der Waals surface area contributed by atoms with E-state index < -0.39 is 15.9 Å². The second kappa shape index (κ2) is 7.72. The first-order valence-electron chi connectivity index (χ1n) is 8.09. The summed E-state index contributed by atoms with van der Waals surface area (Å²) in [7, 11) is -3.83. The Bertz CT molecular complexity index is 932. The van der Waals surface area contributed by atoms with E-state index >= 15 is 0 Å². The van der Waals surface area contributed by atoms with Crippen molar-refractivity contribution in [1.29, 1.82) is 0 Å². The van der Waals surface area contributed by atoms with Crippen LogP contribution in [0.1, 0.15) is 0 Å². The Kier molecular flexibility index (Phi) is 5.38. The third kappa shape index (κ3) is 4.23. The van der Waals surface area contributed by atoms with Gasteiger partial charge < -0.3 is 15.4 Å². The van der Waals surface area contributed by atoms with Gasteiger partial charge in [-0.25, -0.2) is 8.42 Å². The van der Waals surface area contributed by atoms with Crippen LogP contribution in [0, 0.1) is 0 Å². The molecule has 9 nitrogen and oxygen atoms in total. The molecule has 0 radical (unpaired) electrons. The lowest BCUT2D eigenvalue weighted by Crippen LogP contribution is -2.52. The van der Waals surface area contributed by atoms with Gasteiger partial charge in [0, 0.05) is 19.3 Å². The van der Waals surface area contributed by atoms with E-state index in [4.69, 9.17) is 10.5 Å². The van der Waals surface area contributed by atoms with Crippen LogP contribution in [-0.2, 0) is 19.6 Å². The fraction of sp³-hybridized carbons (Fsp3) is 0.235. The molecule has 1 aliphatic rings. The van der Waals surface area contributed by atoms with Gasteiger partial charge in [-0.15, -0.1) is 0 Å². The Morgan fingerprint density at radius 1 is 1.19 bits per heavy atom. The molecule has 2 aromatic rings. The van der Waals surface area contributed by atoms with Gasteiger partial charge in [-0.3, -0.25) is 14.6 Å². The monoisotopic (exact) mass is 390 g/mol. The molecule has 0 spiro atoms. The van der Waals surface area contributed by atoms with Crippen molar-refractivity contribution in [2.75, 3.05) is 31.1 Å². The van der Waals surface area contributed by atoms with Crippen LogP contribution in [0.15, 0.2) is 53.7 Å². The molecule has 2 amide bonds. The summed E-state index contributed by atoms with van der Waals surface area (Å²) in [5.74, 6) is -0.624. The predicted octanol–water partition coefficient (Wildman–Crippen LogP) is -0.0168. The number of benzene rings is 1. The number of nitrogens with zero attached hydrogens (tertiary/aromatic N) is 3. The van der Waals surface area contributed by atoms with Crippen molar-refractivity contribution in [3.05, 3.63) is 48.8 Å². The van der Waals surface area contributed by atoms with Crippen LogP contribution in [0.25, 0.3) is 0 Å². The van der Waals surface area contributed by atoms with Crippen molar-refractivity contribution in [1.82, 2.24) is 9.29 Å². The molecule has 2 N–H and O–H groups in total. The lowest BCUT2D eigenvalue weighted by atomic mass is 10.3. The maximum absolute atomic E-state index is 12.8. The van der Waals surface area contributed by atoms with Crippen molar-refractivity contribution < 1.29 is 22.7 Å². The summed E-state index contributed by atoms with van der Waals surface area (Å²) in [6.45, 7) is -0.138. The maximum Gasteiger partial charge on any atom is 0.255 e. The molecule has 1 fully saturated rings. The van der Waals surface area contributed by atoms with E-state index in [1.807, 2.05) is 0 Å². The number of sulfonamides is 1. The second-order valence-electron chi connectivity index (χ2n) is 5.82. The number of primary amides is 1. The molecule has 3 rings (SSSR count). The summed E-state index contributed by atoms with van der Waals surface area (Å²) >= 11 is 0. The van der Waals surface area contributed by atoms with Gasteiger partial charge in [0.25, 0.3) is 5.91 Å². The smallest absolute Gasteiger partial charge is 0.255 e. The number of ether oxygens (including phenoxy) is 1. The fourth-order valence-corrected chi connectivity index (χ4v) is 4.04. The highest BCUT2D eigenvalue weighted by Gasteiger charge is 2.33. The van der Waals surface area contributed by atoms with Crippen LogP contribution in [0.5, 0.6) is 5.75 Å². The number of pyridine rings is 1. The summed E-state index contributed by atoms with van der Waals surface area (Å²) in [6, 6.07) is 9.06. The van der Waals surface area contributed by atoms with E-state index in [2.05, 4.69) is 4.98 Å². The third-order valence-corrected chi connectivity index (χ3v) is 5.85. The second-order valence-corrected chi connectivity index (χ2v) is 7.76. The molecule has 1 aliphatic heterocycles. The predicted molar refractivity (Wildman–Crippen MR) is 96.5 cm³/mol. The fourth-order valence-electron chi connectivity index (χ4n) is 2.65. The first-order valence-corrected chi connectivity index (χ1v) is 9.53. The number of hydrogen-bond donors (Lipinski definition) is 1. The molecule has 142 valence electrons. The molecule has 2 heterocycles. The average molecular weight is 390 g/mol. The Labute approximate surface area is 156 Å². The van der Waals surface area contributed by atoms with Crippen molar-refractivity contribution in [2.24, 2.45) is 5.73 Å². The van der Waals surface area contributed by atoms with Crippen LogP contribution >= 0.6 is 0 Å². The number of piperazine rings is 1. The summed E-state index contributed by atoms with van der Waals surface area (Å²) in [5.41, 5.74) is 5.63. The molecule has 0 aliphatic carbocycles. The normalized spacial score (nSPS) is 15.6. The maximum atomic E-state index is 12.8. The zero-order valence-electron chi connectivity index (χ0n) is 14.3. The molecule has 1 aromatic heterocycles. The van der Waals surface area contributed by atoms with E-state index in [1.165, 1.54) is 29.2 Å². The Hall–Kier alpha value is -2.98. The summed E-state index contributed by atoms with van der Waals surface area (Å²) < 4.78 is 31.8. The Morgan fingerprint density at radius 3 is 2.52 bits per heavy atom. The van der Waals surface area contributed by atoms with Crippen molar-refractivity contribution in [2.45, 2.75) is 4.90 Å². The van der Waals surface area contributed by atoms with E-state index in [1.54, 1.807) is 24.5 Å². The standard InChI is InChI=1S/C17H18N4O5S/c18-16(22)12-26-14-3-5-15(6-4-14)27(24,25)20-8-9-21(17(23)11-20)13-2-1-7-19-10-13/h1-7,10H,8-9,11-12H2,(H2,18,22). The number of nitrogens with two attached hydrogens (primary N) is 1. The SMILES string of the molecule is NC(=O)COc1ccc(S(=O)(=O)N2CCN(c3cccnc3)C(=O)C2)cc1. The van der Waals surface area contributed by atoms with E-state index in [9.17, 15) is 18.0 Å². The van der Waals surface area contributed by atoms with Crippen LogP contribution in [0.2, 0.25) is 0 Å². The largest absolute Gasteiger partial charge is 0.484 e. The molecule has 27 heavy (non-hydrogen) atoms. The van der Waals surface area contributed by atoms with E-state index in [-0.39, 0.29) is 37.0 Å². The van der Waals surface area contributed by atoms with E-state index in [0.29, 0.717) is 11.4 Å². The number of anilines is 1. The van der Waals surface area contributed by atoms with Crippen molar-refractivity contribution in [3.63, 3.8) is 0 Å². The van der Waals surface area contributed by atoms with Gasteiger partial charge >= 0.3 is 0 Å². The lowest BCUT2D eigenvalue weighted by molar-refractivity contribution is -0.120. The zero-order chi connectivity index (χ0) is 19.4. The van der Waals surface area contributed by atoms with Crippen LogP contribution in [0.3, 0.4) is 0 Å². The number of amides is 2. The minimum atomic E-state index is -3.83. The molecule has 0 atom stereocenters. The number of carbonyl (C=O) groups is 2. The van der Waals surface area contributed by atoms with Crippen molar-refractivity contribution >= 4 is 27.5 Å². The molecule has 0 bridgehead atoms. The highest BCUT2D eigenvalue weighted by Crippen LogP contribution is 2.23. The zero-order valence-corrected chi connectivity index (χ0v) is 15.1. The van der Waals surface area contributed by atoms with Gasteiger partial charge in [-0.05, 0) is 36.4 Å². The topological polar surface area (TPSA) is 123 Å². The number of aromatic nitrogens is 1. The Morgan fingerprint density at radius 2 is 1.93 bits per heavy atom. The quantitative estimate of drug-likeness (QED) is 0.740. The molecular weight excluding hydrogens is 372 g/mol. The molecule has 0 saturated carbocycles. The highest BCUT2D eigenvalue weighted by molar-refractivity contribution is 7.89. The first-order chi connectivity index (χ1) is 12.9. The van der Waals surface area contributed by atoms with Gasteiger partial charge in [0.1, 0.15) is 5.75 Å². The van der Waals surface area contributed by atoms with E-state index in [0.717, 1.165) is 4.31 Å². The molecule has 1 saturated heterocycles. The van der Waals surface area contributed by atoms with Crippen LogP contribution < -0.4 is 15.4 Å². The molecule has 0 unspecified atom stereocenters. The Balaban J connectivity index is 1.71.